The molecule has 1 aliphatic rings. The van der Waals surface area contributed by atoms with Crippen LogP contribution in [0.25, 0.3) is 0 Å². The molecule has 0 amide bonds. The van der Waals surface area contributed by atoms with Gasteiger partial charge < -0.3 is 9.47 Å². The van der Waals surface area contributed by atoms with Gasteiger partial charge in [0.2, 0.25) is 0 Å². The third-order valence-electron chi connectivity index (χ3n) is 3.76. The Labute approximate surface area is 145 Å². The summed E-state index contributed by atoms with van der Waals surface area (Å²) >= 11 is 0. The molecule has 23 heavy (non-hydrogen) atoms. The van der Waals surface area contributed by atoms with E-state index in [2.05, 4.69) is 18.7 Å². The van der Waals surface area contributed by atoms with E-state index < -0.39 is 0 Å². The van der Waals surface area contributed by atoms with Gasteiger partial charge in [-0.05, 0) is 56.1 Å². The summed E-state index contributed by atoms with van der Waals surface area (Å²) in [5.74, 6) is 1.02. The Kier molecular flexibility index (Phi) is 9.03. The zero-order chi connectivity index (χ0) is 15.8. The van der Waals surface area contributed by atoms with E-state index in [4.69, 9.17) is 9.47 Å². The number of esters is 1. The van der Waals surface area contributed by atoms with Crippen molar-refractivity contribution in [3.8, 4) is 5.75 Å². The third kappa shape index (κ3) is 7.23. The minimum Gasteiger partial charge on any atom is -0.493 e. The highest BCUT2D eigenvalue weighted by molar-refractivity contribution is 5.89. The molecule has 0 N–H and O–H groups in total. The molecule has 1 aromatic rings. The zero-order valence-electron chi connectivity index (χ0n) is 14.1. The second-order valence-corrected chi connectivity index (χ2v) is 6.27. The monoisotopic (exact) mass is 341 g/mol. The van der Waals surface area contributed by atoms with Crippen LogP contribution in [0, 0.1) is 5.92 Å². The summed E-state index contributed by atoms with van der Waals surface area (Å²) in [6.45, 7) is 8.44. The first-order valence-electron chi connectivity index (χ1n) is 8.27. The van der Waals surface area contributed by atoms with Crippen molar-refractivity contribution in [2.45, 2.75) is 33.1 Å². The number of rotatable bonds is 7. The Morgan fingerprint density at radius 1 is 1.13 bits per heavy atom. The van der Waals surface area contributed by atoms with Gasteiger partial charge >= 0.3 is 5.97 Å². The summed E-state index contributed by atoms with van der Waals surface area (Å²) in [6.07, 6.45) is 3.83. The van der Waals surface area contributed by atoms with E-state index in [1.54, 1.807) is 12.1 Å². The van der Waals surface area contributed by atoms with Gasteiger partial charge in [-0.2, -0.15) is 0 Å². The normalized spacial score (nSPS) is 15.1. The Morgan fingerprint density at radius 3 is 2.39 bits per heavy atom. The average Bonchev–Trinajstić information content (AvgIpc) is 2.54. The predicted octanol–water partition coefficient (Wildman–Crippen LogP) is 3.79. The highest BCUT2D eigenvalue weighted by Gasteiger charge is 2.12. The number of likely N-dealkylation sites (tertiary alicyclic amines) is 1. The lowest BCUT2D eigenvalue weighted by Gasteiger charge is -2.25. The standard InChI is InChI=1S/C18H27NO3.ClH/c1-15(2)14-22-17-8-6-16(7-9-17)18(20)21-13-12-19-10-4-3-5-11-19;/h6-9,15H,3-5,10-14H2,1-2H3;1H. The van der Waals surface area contributed by atoms with Crippen LogP contribution >= 0.6 is 12.4 Å². The minimum absolute atomic E-state index is 0. The van der Waals surface area contributed by atoms with Crippen molar-refractivity contribution in [1.29, 1.82) is 0 Å². The number of carbonyl (C=O) groups is 1. The number of hydrogen-bond acceptors (Lipinski definition) is 4. The second kappa shape index (κ2) is 10.5. The Bertz CT molecular complexity index is 456. The van der Waals surface area contributed by atoms with Gasteiger partial charge in [-0.3, -0.25) is 4.90 Å². The van der Waals surface area contributed by atoms with Crippen molar-refractivity contribution < 1.29 is 14.3 Å². The van der Waals surface area contributed by atoms with Crippen molar-refractivity contribution in [2.24, 2.45) is 5.92 Å². The molecule has 2 rings (SSSR count). The third-order valence-corrected chi connectivity index (χ3v) is 3.76. The van der Waals surface area contributed by atoms with Crippen LogP contribution in [0.2, 0.25) is 0 Å². The van der Waals surface area contributed by atoms with Gasteiger partial charge in [0.25, 0.3) is 0 Å². The fraction of sp³-hybridized carbons (Fsp3) is 0.611. The highest BCUT2D eigenvalue weighted by Crippen LogP contribution is 2.14. The van der Waals surface area contributed by atoms with Crippen molar-refractivity contribution >= 4 is 18.4 Å². The maximum absolute atomic E-state index is 12.0. The lowest BCUT2D eigenvalue weighted by molar-refractivity contribution is 0.0452. The fourth-order valence-electron chi connectivity index (χ4n) is 2.48. The number of benzene rings is 1. The molecule has 0 bridgehead atoms. The van der Waals surface area contributed by atoms with E-state index >= 15 is 0 Å². The molecular formula is C18H28ClNO3. The lowest BCUT2D eigenvalue weighted by atomic mass is 10.1. The number of carbonyl (C=O) groups excluding carboxylic acids is 1. The molecule has 5 heteroatoms. The van der Waals surface area contributed by atoms with Crippen molar-refractivity contribution in [3.63, 3.8) is 0 Å². The van der Waals surface area contributed by atoms with Crippen molar-refractivity contribution in [2.75, 3.05) is 32.8 Å². The van der Waals surface area contributed by atoms with Crippen molar-refractivity contribution in [1.82, 2.24) is 4.90 Å². The predicted molar refractivity (Wildman–Crippen MR) is 94.6 cm³/mol. The molecule has 1 fully saturated rings. The summed E-state index contributed by atoms with van der Waals surface area (Å²) in [4.78, 5) is 14.3. The zero-order valence-corrected chi connectivity index (χ0v) is 14.9. The van der Waals surface area contributed by atoms with Gasteiger partial charge in [0.05, 0.1) is 12.2 Å². The first kappa shape index (κ1) is 19.8. The molecule has 1 saturated heterocycles. The summed E-state index contributed by atoms with van der Waals surface area (Å²) in [5.41, 5.74) is 0.579. The number of hydrogen-bond donors (Lipinski definition) is 0. The largest absolute Gasteiger partial charge is 0.493 e. The number of ether oxygens (including phenoxy) is 2. The van der Waals surface area contributed by atoms with Gasteiger partial charge in [0.1, 0.15) is 12.4 Å². The van der Waals surface area contributed by atoms with Crippen LogP contribution in [0.4, 0.5) is 0 Å². The molecular weight excluding hydrogens is 314 g/mol. The quantitative estimate of drug-likeness (QED) is 0.707. The smallest absolute Gasteiger partial charge is 0.338 e. The van der Waals surface area contributed by atoms with Crippen LogP contribution in [0.15, 0.2) is 24.3 Å². The Hall–Kier alpha value is -1.26. The Balaban J connectivity index is 0.00000264. The second-order valence-electron chi connectivity index (χ2n) is 6.27. The summed E-state index contributed by atoms with van der Waals surface area (Å²) in [7, 11) is 0. The van der Waals surface area contributed by atoms with Crippen LogP contribution in [-0.4, -0.2) is 43.7 Å². The van der Waals surface area contributed by atoms with E-state index in [0.29, 0.717) is 24.7 Å². The molecule has 1 aliphatic heterocycles. The van der Waals surface area contributed by atoms with E-state index in [1.165, 1.54) is 19.3 Å². The van der Waals surface area contributed by atoms with Gasteiger partial charge in [0, 0.05) is 6.54 Å². The summed E-state index contributed by atoms with van der Waals surface area (Å²) in [5, 5.41) is 0. The molecule has 0 unspecified atom stereocenters. The van der Waals surface area contributed by atoms with E-state index in [-0.39, 0.29) is 18.4 Å². The van der Waals surface area contributed by atoms with Crippen LogP contribution in [0.1, 0.15) is 43.5 Å². The fourth-order valence-corrected chi connectivity index (χ4v) is 2.48. The van der Waals surface area contributed by atoms with Crippen LogP contribution in [-0.2, 0) is 4.74 Å². The maximum atomic E-state index is 12.0. The minimum atomic E-state index is -0.257. The van der Waals surface area contributed by atoms with Gasteiger partial charge in [0.15, 0.2) is 0 Å². The van der Waals surface area contributed by atoms with Gasteiger partial charge in [-0.25, -0.2) is 4.79 Å². The molecule has 0 aliphatic carbocycles. The molecule has 0 saturated carbocycles. The molecule has 0 atom stereocenters. The average molecular weight is 342 g/mol. The summed E-state index contributed by atoms with van der Waals surface area (Å²) in [6, 6.07) is 7.17. The summed E-state index contributed by atoms with van der Waals surface area (Å²) < 4.78 is 11.0. The number of piperidine rings is 1. The highest BCUT2D eigenvalue weighted by atomic mass is 35.5. The van der Waals surface area contributed by atoms with Gasteiger partial charge in [-0.15, -0.1) is 12.4 Å². The Morgan fingerprint density at radius 2 is 1.78 bits per heavy atom. The molecule has 1 heterocycles. The topological polar surface area (TPSA) is 38.8 Å². The number of nitrogens with zero attached hydrogens (tertiary/aromatic N) is 1. The van der Waals surface area contributed by atoms with E-state index in [1.807, 2.05) is 12.1 Å². The van der Waals surface area contributed by atoms with Crippen molar-refractivity contribution in [3.05, 3.63) is 29.8 Å². The number of halogens is 1. The molecule has 1 aromatic carbocycles. The van der Waals surface area contributed by atoms with Crippen LogP contribution < -0.4 is 4.74 Å². The molecule has 0 spiro atoms. The SMILES string of the molecule is CC(C)COc1ccc(C(=O)OCCN2CCCCC2)cc1.Cl. The maximum Gasteiger partial charge on any atom is 0.338 e. The molecule has 4 nitrogen and oxygen atoms in total. The first-order chi connectivity index (χ1) is 10.6. The molecule has 0 aromatic heterocycles. The first-order valence-corrected chi connectivity index (χ1v) is 8.27. The van der Waals surface area contributed by atoms with Crippen LogP contribution in [0.5, 0.6) is 5.75 Å². The lowest BCUT2D eigenvalue weighted by Crippen LogP contribution is -2.33. The van der Waals surface area contributed by atoms with Gasteiger partial charge in [-0.1, -0.05) is 20.3 Å². The van der Waals surface area contributed by atoms with Crippen LogP contribution in [0.3, 0.4) is 0 Å². The van der Waals surface area contributed by atoms with E-state index in [0.717, 1.165) is 25.4 Å². The molecule has 130 valence electrons. The van der Waals surface area contributed by atoms with E-state index in [9.17, 15) is 4.79 Å². The molecule has 0 radical (unpaired) electrons.